The van der Waals surface area contributed by atoms with E-state index in [0.29, 0.717) is 0 Å². The molecular weight excluding hydrogens is 226 g/mol. The van der Waals surface area contributed by atoms with Crippen molar-refractivity contribution in [2.45, 2.75) is 19.4 Å². The van der Waals surface area contributed by atoms with Crippen molar-refractivity contribution in [3.63, 3.8) is 0 Å². The predicted molar refractivity (Wildman–Crippen MR) is 53.2 cm³/mol. The van der Waals surface area contributed by atoms with E-state index in [1.807, 2.05) is 0 Å². The van der Waals surface area contributed by atoms with E-state index in [-0.39, 0.29) is 10.6 Å². The quantitative estimate of drug-likeness (QED) is 0.800. The zero-order valence-corrected chi connectivity index (χ0v) is 9.32. The average molecular weight is 237 g/mol. The first kappa shape index (κ1) is 12.2. The van der Waals surface area contributed by atoms with Gasteiger partial charge in [-0.3, -0.25) is 0 Å². The van der Waals surface area contributed by atoms with Crippen LogP contribution >= 0.6 is 11.6 Å². The summed E-state index contributed by atoms with van der Waals surface area (Å²) in [4.78, 5) is 0. The van der Waals surface area contributed by atoms with Crippen molar-refractivity contribution >= 4 is 11.6 Å². The van der Waals surface area contributed by atoms with Crippen molar-refractivity contribution in [3.8, 4) is 5.75 Å². The summed E-state index contributed by atoms with van der Waals surface area (Å²) >= 11 is 5.54. The van der Waals surface area contributed by atoms with Crippen molar-refractivity contribution < 1.29 is 18.6 Å². The van der Waals surface area contributed by atoms with E-state index in [9.17, 15) is 13.9 Å². The third-order valence-corrected chi connectivity index (χ3v) is 2.25. The largest absolute Gasteiger partial charge is 0.491 e. The number of aliphatic hydroxyl groups is 1. The van der Waals surface area contributed by atoms with Crippen LogP contribution < -0.4 is 4.74 Å². The zero-order chi connectivity index (χ0) is 11.8. The maximum Gasteiger partial charge on any atom is 0.192 e. The second-order valence-electron chi connectivity index (χ2n) is 3.63. The predicted octanol–water partition coefficient (Wildman–Crippen LogP) is 2.85. The van der Waals surface area contributed by atoms with Crippen molar-refractivity contribution in [3.05, 3.63) is 28.3 Å². The molecule has 0 heterocycles. The highest BCUT2D eigenvalue weighted by Gasteiger charge is 2.27. The van der Waals surface area contributed by atoms with Crippen LogP contribution in [0.15, 0.2) is 6.07 Å². The van der Waals surface area contributed by atoms with Crippen molar-refractivity contribution in [1.82, 2.24) is 0 Å². The second-order valence-corrected chi connectivity index (χ2v) is 4.03. The Hall–Kier alpha value is -0.870. The number of methoxy groups -OCH3 is 1. The molecule has 0 bridgehead atoms. The molecule has 15 heavy (non-hydrogen) atoms. The number of rotatable bonds is 2. The van der Waals surface area contributed by atoms with E-state index >= 15 is 0 Å². The van der Waals surface area contributed by atoms with Gasteiger partial charge in [-0.15, -0.1) is 0 Å². The number of hydrogen-bond acceptors (Lipinski definition) is 2. The molecule has 1 aromatic carbocycles. The topological polar surface area (TPSA) is 29.5 Å². The fraction of sp³-hybridized carbons (Fsp3) is 0.400. The molecule has 0 unspecified atom stereocenters. The van der Waals surface area contributed by atoms with Gasteiger partial charge in [-0.1, -0.05) is 11.6 Å². The third-order valence-electron chi connectivity index (χ3n) is 1.98. The monoisotopic (exact) mass is 236 g/mol. The molecule has 1 aromatic rings. The van der Waals surface area contributed by atoms with Gasteiger partial charge in [-0.2, -0.15) is 0 Å². The van der Waals surface area contributed by atoms with Crippen LogP contribution in [0.25, 0.3) is 0 Å². The third kappa shape index (κ3) is 2.21. The van der Waals surface area contributed by atoms with Gasteiger partial charge in [0.15, 0.2) is 17.4 Å². The summed E-state index contributed by atoms with van der Waals surface area (Å²) in [5.41, 5.74) is -1.56. The zero-order valence-electron chi connectivity index (χ0n) is 8.57. The number of ether oxygens (including phenoxy) is 1. The Morgan fingerprint density at radius 2 is 1.87 bits per heavy atom. The summed E-state index contributed by atoms with van der Waals surface area (Å²) in [5.74, 6) is -2.49. The summed E-state index contributed by atoms with van der Waals surface area (Å²) in [5, 5.41) is 9.34. The SMILES string of the molecule is COc1c(F)c(Cl)cc(C(C)(C)O)c1F. The Bertz CT molecular complexity index is 386. The van der Waals surface area contributed by atoms with Gasteiger partial charge >= 0.3 is 0 Å². The van der Waals surface area contributed by atoms with Gasteiger partial charge < -0.3 is 9.84 Å². The molecule has 84 valence electrons. The molecule has 0 radical (unpaired) electrons. The molecule has 2 nitrogen and oxygen atoms in total. The fourth-order valence-electron chi connectivity index (χ4n) is 1.20. The van der Waals surface area contributed by atoms with E-state index in [1.165, 1.54) is 13.8 Å². The molecule has 0 aliphatic rings. The second kappa shape index (κ2) is 3.94. The molecule has 0 spiro atoms. The van der Waals surface area contributed by atoms with E-state index in [0.717, 1.165) is 13.2 Å². The van der Waals surface area contributed by atoms with E-state index < -0.39 is 23.0 Å². The van der Waals surface area contributed by atoms with Gasteiger partial charge in [-0.25, -0.2) is 8.78 Å². The molecule has 0 amide bonds. The summed E-state index contributed by atoms with van der Waals surface area (Å²) in [6, 6.07) is 1.05. The average Bonchev–Trinajstić information content (AvgIpc) is 2.10. The lowest BCUT2D eigenvalue weighted by atomic mass is 9.97. The molecule has 0 aliphatic carbocycles. The number of hydrogen-bond donors (Lipinski definition) is 1. The summed E-state index contributed by atoms with van der Waals surface area (Å²) in [7, 11) is 1.13. The molecule has 0 fully saturated rings. The molecule has 1 N–H and O–H groups in total. The highest BCUT2D eigenvalue weighted by Crippen LogP contribution is 2.35. The summed E-state index contributed by atoms with van der Waals surface area (Å²) < 4.78 is 31.4. The molecule has 0 saturated heterocycles. The van der Waals surface area contributed by atoms with Crippen molar-refractivity contribution in [2.75, 3.05) is 7.11 Å². The maximum atomic E-state index is 13.6. The van der Waals surface area contributed by atoms with Crippen LogP contribution in [-0.2, 0) is 5.60 Å². The van der Waals surface area contributed by atoms with E-state index in [4.69, 9.17) is 11.6 Å². The molecule has 1 rings (SSSR count). The molecule has 0 aliphatic heterocycles. The highest BCUT2D eigenvalue weighted by atomic mass is 35.5. The molecule has 0 aromatic heterocycles. The Labute approximate surface area is 91.4 Å². The minimum absolute atomic E-state index is 0.106. The molecular formula is C10H11ClF2O2. The number of benzene rings is 1. The molecule has 0 saturated carbocycles. The van der Waals surface area contributed by atoms with Gasteiger partial charge in [0, 0.05) is 5.56 Å². The van der Waals surface area contributed by atoms with Crippen LogP contribution in [0.5, 0.6) is 5.75 Å². The Balaban J connectivity index is 3.51. The number of halogens is 3. The first-order valence-corrected chi connectivity index (χ1v) is 4.61. The normalized spacial score (nSPS) is 11.7. The van der Waals surface area contributed by atoms with E-state index in [1.54, 1.807) is 0 Å². The van der Waals surface area contributed by atoms with Crippen LogP contribution in [0.4, 0.5) is 8.78 Å². The lowest BCUT2D eigenvalue weighted by Gasteiger charge is -2.20. The first-order valence-electron chi connectivity index (χ1n) is 4.23. The molecule has 5 heteroatoms. The van der Waals surface area contributed by atoms with Crippen LogP contribution in [0.2, 0.25) is 5.02 Å². The van der Waals surface area contributed by atoms with Crippen LogP contribution in [0, 0.1) is 11.6 Å². The van der Waals surface area contributed by atoms with Crippen molar-refractivity contribution in [2.24, 2.45) is 0 Å². The van der Waals surface area contributed by atoms with Gasteiger partial charge in [0.25, 0.3) is 0 Å². The minimum atomic E-state index is -1.45. The Morgan fingerprint density at radius 3 is 2.27 bits per heavy atom. The Kier molecular flexibility index (Phi) is 3.21. The summed E-state index contributed by atoms with van der Waals surface area (Å²) in [6.45, 7) is 2.75. The van der Waals surface area contributed by atoms with Gasteiger partial charge in [-0.05, 0) is 19.9 Å². The van der Waals surface area contributed by atoms with Crippen molar-refractivity contribution in [1.29, 1.82) is 0 Å². The van der Waals surface area contributed by atoms with E-state index in [2.05, 4.69) is 4.74 Å². The lowest BCUT2D eigenvalue weighted by molar-refractivity contribution is 0.0737. The van der Waals surface area contributed by atoms with Crippen LogP contribution in [-0.4, -0.2) is 12.2 Å². The van der Waals surface area contributed by atoms with Gasteiger partial charge in [0.05, 0.1) is 17.7 Å². The first-order chi connectivity index (χ1) is 6.79. The maximum absolute atomic E-state index is 13.6. The highest BCUT2D eigenvalue weighted by molar-refractivity contribution is 6.31. The fourth-order valence-corrected chi connectivity index (χ4v) is 1.40. The van der Waals surface area contributed by atoms with Gasteiger partial charge in [0.1, 0.15) is 0 Å². The van der Waals surface area contributed by atoms with Crippen LogP contribution in [0.1, 0.15) is 19.4 Å². The minimum Gasteiger partial charge on any atom is -0.491 e. The lowest BCUT2D eigenvalue weighted by Crippen LogP contribution is -2.18. The smallest absolute Gasteiger partial charge is 0.192 e. The summed E-state index contributed by atoms with van der Waals surface area (Å²) in [6.07, 6.45) is 0. The standard InChI is InChI=1S/C10H11ClF2O2/c1-10(2,14)5-4-6(11)8(13)9(15-3)7(5)12/h4,14H,1-3H3. The molecule has 0 atom stereocenters. The Morgan fingerprint density at radius 1 is 1.33 bits per heavy atom. The van der Waals surface area contributed by atoms with Gasteiger partial charge in [0.2, 0.25) is 0 Å². The van der Waals surface area contributed by atoms with Crippen LogP contribution in [0.3, 0.4) is 0 Å².